The maximum absolute atomic E-state index is 12.7. The first kappa shape index (κ1) is 38.0. The maximum Gasteiger partial charge on any atom is 1.00 e. The predicted molar refractivity (Wildman–Crippen MR) is 201 cm³/mol. The second-order valence-corrected chi connectivity index (χ2v) is 13.3. The number of ketones is 1. The molecule has 3 nitrogen and oxygen atoms in total. The van der Waals surface area contributed by atoms with Crippen LogP contribution in [-0.4, -0.2) is 30.7 Å². The van der Waals surface area contributed by atoms with Gasteiger partial charge in [-0.1, -0.05) is 104 Å². The number of amides is 1. The first-order valence-corrected chi connectivity index (χ1v) is 16.7. The number of benzene rings is 4. The van der Waals surface area contributed by atoms with Crippen molar-refractivity contribution in [1.82, 2.24) is 4.90 Å². The molecule has 0 saturated heterocycles. The van der Waals surface area contributed by atoms with E-state index in [2.05, 4.69) is 57.3 Å². The van der Waals surface area contributed by atoms with Crippen molar-refractivity contribution < 1.29 is 28.4 Å². The fourth-order valence-corrected chi connectivity index (χ4v) is 6.76. The molecule has 0 radical (unpaired) electrons. The summed E-state index contributed by atoms with van der Waals surface area (Å²) in [6.07, 6.45) is 2.78. The second-order valence-electron chi connectivity index (χ2n) is 10.8. The molecule has 2 aromatic heterocycles. The van der Waals surface area contributed by atoms with E-state index in [-0.39, 0.29) is 30.6 Å². The zero-order valence-electron chi connectivity index (χ0n) is 28.2. The van der Waals surface area contributed by atoms with Crippen LogP contribution in [0.1, 0.15) is 40.2 Å². The zero-order valence-corrected chi connectivity index (χ0v) is 29.8. The number of nitrogens with zero attached hydrogens (tertiary/aromatic N) is 1. The number of carbonyl (C=O) groups excluding carboxylic acids is 2. The Kier molecular flexibility index (Phi) is 14.8. The molecule has 0 aliphatic rings. The summed E-state index contributed by atoms with van der Waals surface area (Å²) >= 11 is 3.08. The molecule has 0 aliphatic heterocycles. The third-order valence-corrected chi connectivity index (χ3v) is 9.31. The molecule has 0 fully saturated rings. The van der Waals surface area contributed by atoms with Crippen LogP contribution in [0.15, 0.2) is 147 Å². The molecule has 6 heteroatoms. The Morgan fingerprint density at radius 2 is 1.02 bits per heavy atom. The molecule has 0 N–H and O–H groups in total. The van der Waals surface area contributed by atoms with Crippen molar-refractivity contribution in [3.8, 4) is 22.3 Å². The summed E-state index contributed by atoms with van der Waals surface area (Å²) in [5, 5.41) is 0. The molecule has 6 rings (SSSR count). The van der Waals surface area contributed by atoms with Gasteiger partial charge in [0.2, 0.25) is 5.78 Å². The van der Waals surface area contributed by atoms with E-state index < -0.39 is 0 Å². The van der Waals surface area contributed by atoms with Gasteiger partial charge in [-0.05, 0) is 53.8 Å². The van der Waals surface area contributed by atoms with E-state index in [0.29, 0.717) is 5.57 Å². The van der Waals surface area contributed by atoms with Gasteiger partial charge in [0.1, 0.15) is 0 Å². The number of carbonyl (C=O) groups is 2. The van der Waals surface area contributed by atoms with Crippen molar-refractivity contribution >= 4 is 39.9 Å². The topological polar surface area (TPSA) is 37.4 Å². The normalized spacial score (nSPS) is 9.83. The monoisotopic (exact) mass is 659 g/mol. The van der Waals surface area contributed by atoms with Gasteiger partial charge in [-0.3, -0.25) is 9.59 Å². The predicted octanol–water partition coefficient (Wildman–Crippen LogP) is 8.07. The summed E-state index contributed by atoms with van der Waals surface area (Å²) < 4.78 is 0. The standard InChI is InChI=1S/C20H16OS.C14H15NOS.C8H7.Li/c1-14(16-9-5-3-6-10-16)20(21)19-13-18(15(2)22-19)17-11-7-4-8-12-17;1-10-12(11-7-5-4-6-8-11)9-13(17-10)14(16)15(2)3;1-2-8-6-4-3-5-7-8;/h3-13H,1H2,2H3;4-9H,1-3H3;3-7H,1H2;/q;;-1;+1. The SMILES string of the molecule is C=C(C(=O)c1cc(-c2ccccc2)c(C)s1)c1ccccc1.C=[C-]c1ccccc1.Cc1sc(C(=O)N(C)C)cc1-c1ccccc1.[Li+]. The number of rotatable bonds is 7. The van der Waals surface area contributed by atoms with Crippen LogP contribution in [0.2, 0.25) is 0 Å². The van der Waals surface area contributed by atoms with Crippen LogP contribution in [0.5, 0.6) is 0 Å². The van der Waals surface area contributed by atoms with Gasteiger partial charge in [0.25, 0.3) is 5.91 Å². The van der Waals surface area contributed by atoms with Gasteiger partial charge in [0.05, 0.1) is 9.75 Å². The van der Waals surface area contributed by atoms with E-state index >= 15 is 0 Å². The third-order valence-electron chi connectivity index (χ3n) is 7.22. The van der Waals surface area contributed by atoms with Gasteiger partial charge in [-0.25, -0.2) is 0 Å². The molecule has 4 aromatic carbocycles. The molecule has 0 unspecified atom stereocenters. The minimum atomic E-state index is 0. The number of hydrogen-bond donors (Lipinski definition) is 0. The molecule has 236 valence electrons. The van der Waals surface area contributed by atoms with Crippen LogP contribution in [0.25, 0.3) is 27.8 Å². The van der Waals surface area contributed by atoms with Crippen molar-refractivity contribution in [3.05, 3.63) is 183 Å². The van der Waals surface area contributed by atoms with E-state index in [1.807, 2.05) is 109 Å². The molecule has 0 bridgehead atoms. The molecule has 1 amide bonds. The van der Waals surface area contributed by atoms with E-state index in [1.54, 1.807) is 30.3 Å². The van der Waals surface area contributed by atoms with Gasteiger partial charge >= 0.3 is 18.9 Å². The van der Waals surface area contributed by atoms with E-state index in [0.717, 1.165) is 42.4 Å². The zero-order chi connectivity index (χ0) is 33.8. The van der Waals surface area contributed by atoms with Gasteiger partial charge in [0, 0.05) is 29.4 Å². The largest absolute Gasteiger partial charge is 1.00 e. The Hall–Kier alpha value is -4.50. The Labute approximate surface area is 305 Å². The van der Waals surface area contributed by atoms with Gasteiger partial charge in [-0.15, -0.1) is 34.8 Å². The van der Waals surface area contributed by atoms with Crippen LogP contribution < -0.4 is 18.9 Å². The molecular weight excluding hydrogens is 622 g/mol. The average molecular weight is 660 g/mol. The molecule has 0 saturated carbocycles. The van der Waals surface area contributed by atoms with Gasteiger partial charge in [0.15, 0.2) is 0 Å². The third kappa shape index (κ3) is 10.2. The Bertz CT molecular complexity index is 1930. The summed E-state index contributed by atoms with van der Waals surface area (Å²) in [5.41, 5.74) is 7.05. The molecule has 0 atom stereocenters. The minimum absolute atomic E-state index is 0. The molecule has 0 spiro atoms. The summed E-state index contributed by atoms with van der Waals surface area (Å²) in [7, 11) is 3.55. The van der Waals surface area contributed by atoms with Crippen LogP contribution >= 0.6 is 22.7 Å². The fraction of sp³-hybridized carbons (Fsp3) is 0.0952. The second kappa shape index (κ2) is 18.7. The van der Waals surface area contributed by atoms with Gasteiger partial charge < -0.3 is 4.90 Å². The maximum atomic E-state index is 12.7. The number of aryl methyl sites for hydroxylation is 2. The van der Waals surface area contributed by atoms with Crippen LogP contribution in [0.4, 0.5) is 0 Å². The van der Waals surface area contributed by atoms with Crippen LogP contribution in [0, 0.1) is 19.9 Å². The van der Waals surface area contributed by atoms with E-state index in [1.165, 1.54) is 21.8 Å². The average Bonchev–Trinajstić information content (AvgIpc) is 3.71. The van der Waals surface area contributed by atoms with Crippen molar-refractivity contribution in [1.29, 1.82) is 0 Å². The van der Waals surface area contributed by atoms with Crippen molar-refractivity contribution in [2.75, 3.05) is 14.1 Å². The number of Topliss-reactive ketones (excluding diaryl/α,β-unsaturated/α-hetero) is 1. The van der Waals surface area contributed by atoms with Gasteiger partial charge in [-0.2, -0.15) is 30.4 Å². The Morgan fingerprint density at radius 3 is 1.44 bits per heavy atom. The fourth-order valence-electron chi connectivity index (χ4n) is 4.69. The quantitative estimate of drug-likeness (QED) is 0.0753. The van der Waals surface area contributed by atoms with Crippen molar-refractivity contribution in [3.63, 3.8) is 0 Å². The van der Waals surface area contributed by atoms with Crippen LogP contribution in [0.3, 0.4) is 0 Å². The molecule has 48 heavy (non-hydrogen) atoms. The molecule has 0 aliphatic carbocycles. The first-order valence-electron chi connectivity index (χ1n) is 15.1. The van der Waals surface area contributed by atoms with Crippen LogP contribution in [-0.2, 0) is 0 Å². The van der Waals surface area contributed by atoms with Crippen molar-refractivity contribution in [2.45, 2.75) is 13.8 Å². The Balaban J connectivity index is 0.000000213. The van der Waals surface area contributed by atoms with E-state index in [4.69, 9.17) is 0 Å². The molecular formula is C42H38LiNO2S2. The summed E-state index contributed by atoms with van der Waals surface area (Å²) in [5.74, 6) is 0.0711. The summed E-state index contributed by atoms with van der Waals surface area (Å²) in [6.45, 7) is 11.6. The molecule has 6 aromatic rings. The Morgan fingerprint density at radius 1 is 0.625 bits per heavy atom. The minimum Gasteiger partial charge on any atom is -0.344 e. The summed E-state index contributed by atoms with van der Waals surface area (Å²) in [6, 6.07) is 43.7. The van der Waals surface area contributed by atoms with Crippen molar-refractivity contribution in [2.24, 2.45) is 0 Å². The van der Waals surface area contributed by atoms with E-state index in [9.17, 15) is 9.59 Å². The smallest absolute Gasteiger partial charge is 0.344 e. The number of thiophene rings is 2. The first-order chi connectivity index (χ1) is 22.7. The molecule has 2 heterocycles. The summed E-state index contributed by atoms with van der Waals surface area (Å²) in [4.78, 5) is 30.0. The number of allylic oxidation sites excluding steroid dienone is 1. The number of hydrogen-bond acceptors (Lipinski definition) is 4.